The van der Waals surface area contributed by atoms with Crippen molar-refractivity contribution in [3.05, 3.63) is 35.4 Å². The van der Waals surface area contributed by atoms with Gasteiger partial charge in [-0.2, -0.15) is 13.2 Å². The summed E-state index contributed by atoms with van der Waals surface area (Å²) < 4.78 is 52.5. The zero-order chi connectivity index (χ0) is 14.2. The molecule has 0 radical (unpaired) electrons. The first-order valence-electron chi connectivity index (χ1n) is 5.59. The average molecular weight is 263 g/mol. The second-order valence-electron chi connectivity index (χ2n) is 5.17. The zero-order valence-electron chi connectivity index (χ0n) is 10.6. The number of benzene rings is 1. The van der Waals surface area contributed by atoms with Crippen molar-refractivity contribution in [2.75, 3.05) is 6.54 Å². The van der Waals surface area contributed by atoms with Gasteiger partial charge in [-0.1, -0.05) is 26.0 Å². The molecule has 0 aliphatic heterocycles. The van der Waals surface area contributed by atoms with Gasteiger partial charge in [0.05, 0.1) is 5.56 Å². The van der Waals surface area contributed by atoms with Gasteiger partial charge < -0.3 is 5.73 Å². The fraction of sp³-hybridized carbons (Fsp3) is 0.538. The highest BCUT2D eigenvalue weighted by molar-refractivity contribution is 5.31. The third kappa shape index (κ3) is 2.66. The average Bonchev–Trinajstić information content (AvgIpc) is 2.28. The van der Waals surface area contributed by atoms with Gasteiger partial charge in [0.1, 0.15) is 5.67 Å². The molecular weight excluding hydrogens is 246 g/mol. The van der Waals surface area contributed by atoms with Crippen LogP contribution in [0.1, 0.15) is 31.9 Å². The second kappa shape index (κ2) is 4.53. The van der Waals surface area contributed by atoms with E-state index in [0.29, 0.717) is 0 Å². The lowest BCUT2D eigenvalue weighted by molar-refractivity contribution is -0.137. The Morgan fingerprint density at radius 1 is 1.00 bits per heavy atom. The van der Waals surface area contributed by atoms with Crippen molar-refractivity contribution in [1.82, 2.24) is 0 Å². The van der Waals surface area contributed by atoms with Crippen LogP contribution in [0.3, 0.4) is 0 Å². The molecule has 0 spiro atoms. The van der Waals surface area contributed by atoms with Crippen LogP contribution in [0.15, 0.2) is 24.3 Å². The van der Waals surface area contributed by atoms with Gasteiger partial charge in [0.15, 0.2) is 0 Å². The van der Waals surface area contributed by atoms with Crippen LogP contribution >= 0.6 is 0 Å². The van der Waals surface area contributed by atoms with Crippen molar-refractivity contribution in [3.63, 3.8) is 0 Å². The van der Waals surface area contributed by atoms with E-state index in [1.54, 1.807) is 13.8 Å². The molecule has 0 heterocycles. The molecule has 0 aromatic heterocycles. The van der Waals surface area contributed by atoms with E-state index in [2.05, 4.69) is 0 Å². The lowest BCUT2D eigenvalue weighted by atomic mass is 9.73. The highest BCUT2D eigenvalue weighted by Gasteiger charge is 2.43. The van der Waals surface area contributed by atoms with E-state index in [0.717, 1.165) is 12.1 Å². The Hall–Kier alpha value is -1.10. The summed E-state index contributed by atoms with van der Waals surface area (Å²) in [7, 11) is 0. The van der Waals surface area contributed by atoms with Gasteiger partial charge in [-0.3, -0.25) is 0 Å². The number of hydrogen-bond acceptors (Lipinski definition) is 1. The number of hydrogen-bond donors (Lipinski definition) is 1. The monoisotopic (exact) mass is 263 g/mol. The molecule has 5 heteroatoms. The first kappa shape index (κ1) is 15.0. The maximum Gasteiger partial charge on any atom is 0.416 e. The molecule has 1 atom stereocenters. The summed E-state index contributed by atoms with van der Waals surface area (Å²) in [5, 5.41) is 0. The van der Waals surface area contributed by atoms with Crippen LogP contribution in [-0.2, 0) is 11.8 Å². The van der Waals surface area contributed by atoms with Crippen molar-refractivity contribution in [3.8, 4) is 0 Å². The Bertz CT molecular complexity index is 421. The third-order valence-corrected chi connectivity index (χ3v) is 3.51. The lowest BCUT2D eigenvalue weighted by Gasteiger charge is -2.37. The van der Waals surface area contributed by atoms with Gasteiger partial charge in [0, 0.05) is 12.0 Å². The fourth-order valence-electron chi connectivity index (χ4n) is 1.57. The molecule has 0 aliphatic rings. The molecule has 0 saturated heterocycles. The highest BCUT2D eigenvalue weighted by atomic mass is 19.4. The first-order valence-corrected chi connectivity index (χ1v) is 5.59. The summed E-state index contributed by atoms with van der Waals surface area (Å²) in [6.07, 6.45) is -4.47. The van der Waals surface area contributed by atoms with Gasteiger partial charge in [-0.25, -0.2) is 4.39 Å². The Morgan fingerprint density at radius 2 is 1.50 bits per heavy atom. The lowest BCUT2D eigenvalue weighted by Crippen LogP contribution is -2.41. The first-order chi connectivity index (χ1) is 8.02. The quantitative estimate of drug-likeness (QED) is 0.823. The van der Waals surface area contributed by atoms with Crippen LogP contribution in [0.4, 0.5) is 17.6 Å². The van der Waals surface area contributed by atoms with Crippen LogP contribution in [0.25, 0.3) is 0 Å². The Balaban J connectivity index is 3.26. The summed E-state index contributed by atoms with van der Waals surface area (Å²) >= 11 is 0. The standard InChI is InChI=1S/C13H17F4N/c1-11(2,8-18)12(3,14)9-5-4-6-10(7-9)13(15,16)17/h4-7H,8,18H2,1-3H3. The molecule has 0 saturated carbocycles. The summed E-state index contributed by atoms with van der Waals surface area (Å²) in [6.45, 7) is 4.48. The number of alkyl halides is 4. The Kier molecular flexibility index (Phi) is 3.77. The van der Waals surface area contributed by atoms with Crippen molar-refractivity contribution >= 4 is 0 Å². The Morgan fingerprint density at radius 3 is 1.94 bits per heavy atom. The van der Waals surface area contributed by atoms with Crippen molar-refractivity contribution < 1.29 is 17.6 Å². The third-order valence-electron chi connectivity index (χ3n) is 3.51. The van der Waals surface area contributed by atoms with E-state index in [1.807, 2.05) is 0 Å². The fourth-order valence-corrected chi connectivity index (χ4v) is 1.57. The molecule has 1 aromatic carbocycles. The number of rotatable bonds is 3. The van der Waals surface area contributed by atoms with Gasteiger partial charge >= 0.3 is 6.18 Å². The summed E-state index contributed by atoms with van der Waals surface area (Å²) in [4.78, 5) is 0. The molecule has 0 aliphatic carbocycles. The van der Waals surface area contributed by atoms with Gasteiger partial charge in [-0.05, 0) is 24.6 Å². The van der Waals surface area contributed by atoms with Crippen LogP contribution in [-0.4, -0.2) is 6.54 Å². The van der Waals surface area contributed by atoms with Gasteiger partial charge in [0.2, 0.25) is 0 Å². The largest absolute Gasteiger partial charge is 0.416 e. The predicted molar refractivity (Wildman–Crippen MR) is 62.7 cm³/mol. The minimum atomic E-state index is -4.47. The molecule has 0 amide bonds. The van der Waals surface area contributed by atoms with Crippen molar-refractivity contribution in [1.29, 1.82) is 0 Å². The second-order valence-corrected chi connectivity index (χ2v) is 5.17. The van der Waals surface area contributed by atoms with Crippen molar-refractivity contribution in [2.24, 2.45) is 11.1 Å². The van der Waals surface area contributed by atoms with E-state index in [1.165, 1.54) is 19.1 Å². The summed E-state index contributed by atoms with van der Waals surface area (Å²) in [6, 6.07) is 4.33. The number of nitrogens with two attached hydrogens (primary N) is 1. The molecule has 1 aromatic rings. The molecule has 1 nitrogen and oxygen atoms in total. The molecular formula is C13H17F4N. The minimum Gasteiger partial charge on any atom is -0.330 e. The van der Waals surface area contributed by atoms with E-state index >= 15 is 0 Å². The predicted octanol–water partition coefficient (Wildman–Crippen LogP) is 3.88. The summed E-state index contributed by atoms with van der Waals surface area (Å²) in [5.41, 5.74) is 1.76. The molecule has 1 rings (SSSR count). The topological polar surface area (TPSA) is 26.0 Å². The Labute approximate surface area is 104 Å². The summed E-state index contributed by atoms with van der Waals surface area (Å²) in [5.74, 6) is 0. The molecule has 18 heavy (non-hydrogen) atoms. The highest BCUT2D eigenvalue weighted by Crippen LogP contribution is 2.43. The van der Waals surface area contributed by atoms with Crippen LogP contribution in [0, 0.1) is 5.41 Å². The molecule has 2 N–H and O–H groups in total. The molecule has 0 fully saturated rings. The molecule has 1 unspecified atom stereocenters. The normalized spacial score (nSPS) is 16.4. The minimum absolute atomic E-state index is 0.00669. The van der Waals surface area contributed by atoms with Crippen LogP contribution in [0.5, 0.6) is 0 Å². The van der Waals surface area contributed by atoms with Crippen molar-refractivity contribution in [2.45, 2.75) is 32.6 Å². The van der Waals surface area contributed by atoms with E-state index < -0.39 is 22.8 Å². The van der Waals surface area contributed by atoms with E-state index in [-0.39, 0.29) is 12.1 Å². The van der Waals surface area contributed by atoms with Crippen LogP contribution < -0.4 is 5.73 Å². The van der Waals surface area contributed by atoms with Gasteiger partial charge in [0.25, 0.3) is 0 Å². The zero-order valence-corrected chi connectivity index (χ0v) is 10.6. The van der Waals surface area contributed by atoms with E-state index in [9.17, 15) is 17.6 Å². The van der Waals surface area contributed by atoms with Gasteiger partial charge in [-0.15, -0.1) is 0 Å². The molecule has 102 valence electrons. The van der Waals surface area contributed by atoms with E-state index in [4.69, 9.17) is 5.73 Å². The number of halogens is 4. The van der Waals surface area contributed by atoms with Crippen LogP contribution in [0.2, 0.25) is 0 Å². The molecule has 0 bridgehead atoms. The maximum absolute atomic E-state index is 14.7. The smallest absolute Gasteiger partial charge is 0.330 e. The maximum atomic E-state index is 14.7. The SMILES string of the molecule is CC(C)(CN)C(C)(F)c1cccc(C(F)(F)F)c1.